The van der Waals surface area contributed by atoms with Crippen LogP contribution in [0.25, 0.3) is 11.4 Å². The number of hydrogen-bond donors (Lipinski definition) is 0. The van der Waals surface area contributed by atoms with Crippen molar-refractivity contribution in [1.29, 1.82) is 5.26 Å². The molecule has 0 N–H and O–H groups in total. The third-order valence-electron chi connectivity index (χ3n) is 5.53. The van der Waals surface area contributed by atoms with Crippen molar-refractivity contribution in [1.82, 2.24) is 19.9 Å². The maximum Gasteiger partial charge on any atom is 0.244 e. The van der Waals surface area contributed by atoms with Crippen LogP contribution in [0.4, 0.5) is 0 Å². The van der Waals surface area contributed by atoms with Crippen LogP contribution in [0.15, 0.2) is 53.1 Å². The molecule has 4 rings (SSSR count). The van der Waals surface area contributed by atoms with Gasteiger partial charge in [-0.15, -0.1) is 0 Å². The van der Waals surface area contributed by atoms with Crippen LogP contribution in [0, 0.1) is 18.3 Å². The van der Waals surface area contributed by atoms with E-state index in [0.29, 0.717) is 11.7 Å². The van der Waals surface area contributed by atoms with Crippen molar-refractivity contribution in [2.45, 2.75) is 26.4 Å². The summed E-state index contributed by atoms with van der Waals surface area (Å²) in [4.78, 5) is 9.43. The Kier molecular flexibility index (Phi) is 5.70. The first-order chi connectivity index (χ1) is 14.1. The third-order valence-corrected chi connectivity index (χ3v) is 5.53. The van der Waals surface area contributed by atoms with Crippen LogP contribution in [0.1, 0.15) is 35.5 Å². The van der Waals surface area contributed by atoms with E-state index in [0.717, 1.165) is 43.9 Å². The van der Waals surface area contributed by atoms with Crippen molar-refractivity contribution in [3.63, 3.8) is 0 Å². The van der Waals surface area contributed by atoms with Gasteiger partial charge in [-0.05, 0) is 31.5 Å². The average Bonchev–Trinajstić information content (AvgIpc) is 3.25. The van der Waals surface area contributed by atoms with E-state index in [-0.39, 0.29) is 6.04 Å². The van der Waals surface area contributed by atoms with Crippen LogP contribution in [-0.4, -0.2) is 46.1 Å². The third kappa shape index (κ3) is 4.53. The molecular weight excluding hydrogens is 362 g/mol. The first-order valence-electron chi connectivity index (χ1n) is 9.98. The average molecular weight is 387 g/mol. The van der Waals surface area contributed by atoms with Gasteiger partial charge in [-0.25, -0.2) is 0 Å². The highest BCUT2D eigenvalue weighted by Gasteiger charge is 2.26. The summed E-state index contributed by atoms with van der Waals surface area (Å²) >= 11 is 0. The normalized spacial score (nSPS) is 16.4. The Balaban J connectivity index is 1.35. The van der Waals surface area contributed by atoms with Gasteiger partial charge in [-0.2, -0.15) is 10.2 Å². The highest BCUT2D eigenvalue weighted by atomic mass is 16.5. The van der Waals surface area contributed by atoms with Gasteiger partial charge in [-0.1, -0.05) is 47.1 Å². The molecule has 1 saturated heterocycles. The zero-order chi connectivity index (χ0) is 20.2. The lowest BCUT2D eigenvalue weighted by Crippen LogP contribution is -2.46. The lowest BCUT2D eigenvalue weighted by molar-refractivity contribution is 0.0845. The molecule has 6 heteroatoms. The lowest BCUT2D eigenvalue weighted by Gasteiger charge is -2.36. The minimum atomic E-state index is 0.0887. The van der Waals surface area contributed by atoms with Gasteiger partial charge in [0.1, 0.15) is 0 Å². The molecule has 148 valence electrons. The largest absolute Gasteiger partial charge is 0.337 e. The molecule has 1 fully saturated rings. The van der Waals surface area contributed by atoms with Gasteiger partial charge in [-0.3, -0.25) is 9.80 Å². The summed E-state index contributed by atoms with van der Waals surface area (Å²) in [6, 6.07) is 18.3. The van der Waals surface area contributed by atoms with E-state index in [1.807, 2.05) is 30.3 Å². The van der Waals surface area contributed by atoms with E-state index in [4.69, 9.17) is 9.78 Å². The van der Waals surface area contributed by atoms with E-state index < -0.39 is 0 Å². The van der Waals surface area contributed by atoms with Crippen molar-refractivity contribution in [2.75, 3.05) is 26.2 Å². The SMILES string of the molecule is Cc1ccc(-c2noc(C(C)N3CCN(Cc4cccc(C#N)c4)CC3)n2)cc1. The fourth-order valence-corrected chi connectivity index (χ4v) is 3.69. The maximum atomic E-state index is 9.07. The molecule has 6 nitrogen and oxygen atoms in total. The monoisotopic (exact) mass is 387 g/mol. The van der Waals surface area contributed by atoms with Crippen LogP contribution in [0.3, 0.4) is 0 Å². The molecule has 2 heterocycles. The summed E-state index contributed by atoms with van der Waals surface area (Å²) in [7, 11) is 0. The Morgan fingerprint density at radius 1 is 1.10 bits per heavy atom. The summed E-state index contributed by atoms with van der Waals surface area (Å²) in [6.07, 6.45) is 0. The fourth-order valence-electron chi connectivity index (χ4n) is 3.69. The Bertz CT molecular complexity index is 997. The summed E-state index contributed by atoms with van der Waals surface area (Å²) in [5.74, 6) is 1.30. The Labute approximate surface area is 171 Å². The predicted octanol–water partition coefficient (Wildman–Crippen LogP) is 3.80. The summed E-state index contributed by atoms with van der Waals surface area (Å²) in [6.45, 7) is 8.89. The second-order valence-electron chi connectivity index (χ2n) is 7.62. The van der Waals surface area contributed by atoms with Gasteiger partial charge < -0.3 is 4.52 Å². The van der Waals surface area contributed by atoms with E-state index >= 15 is 0 Å². The van der Waals surface area contributed by atoms with Crippen molar-refractivity contribution in [3.05, 3.63) is 71.1 Å². The minimum absolute atomic E-state index is 0.0887. The predicted molar refractivity (Wildman–Crippen MR) is 111 cm³/mol. The van der Waals surface area contributed by atoms with Gasteiger partial charge >= 0.3 is 0 Å². The molecule has 0 radical (unpaired) electrons. The molecule has 2 aromatic carbocycles. The molecule has 0 bridgehead atoms. The number of nitrogens with zero attached hydrogens (tertiary/aromatic N) is 5. The number of benzene rings is 2. The molecule has 0 saturated carbocycles. The van der Waals surface area contributed by atoms with Crippen molar-refractivity contribution in [3.8, 4) is 17.5 Å². The Morgan fingerprint density at radius 3 is 2.59 bits per heavy atom. The van der Waals surface area contributed by atoms with Gasteiger partial charge in [0.2, 0.25) is 11.7 Å². The molecule has 0 spiro atoms. The number of rotatable bonds is 5. The van der Waals surface area contributed by atoms with Crippen LogP contribution < -0.4 is 0 Å². The second kappa shape index (κ2) is 8.56. The van der Waals surface area contributed by atoms with Crippen LogP contribution in [0.5, 0.6) is 0 Å². The highest BCUT2D eigenvalue weighted by molar-refractivity contribution is 5.54. The maximum absolute atomic E-state index is 9.07. The van der Waals surface area contributed by atoms with Crippen molar-refractivity contribution >= 4 is 0 Å². The molecule has 1 unspecified atom stereocenters. The Hall–Kier alpha value is -3.01. The fraction of sp³-hybridized carbons (Fsp3) is 0.348. The summed E-state index contributed by atoms with van der Waals surface area (Å²) < 4.78 is 5.57. The molecule has 0 amide bonds. The molecule has 3 aromatic rings. The van der Waals surface area contributed by atoms with E-state index in [2.05, 4.69) is 58.1 Å². The topological polar surface area (TPSA) is 69.2 Å². The van der Waals surface area contributed by atoms with Gasteiger partial charge in [0.05, 0.1) is 17.7 Å². The molecule has 1 aliphatic rings. The number of piperazine rings is 1. The number of nitriles is 1. The Morgan fingerprint density at radius 2 is 1.86 bits per heavy atom. The number of aryl methyl sites for hydroxylation is 1. The standard InChI is InChI=1S/C23H25N5O/c1-17-6-8-21(9-7-17)22-25-23(29-26-22)18(2)28-12-10-27(11-13-28)16-20-5-3-4-19(14-20)15-24/h3-9,14,18H,10-13,16H2,1-2H3. The smallest absolute Gasteiger partial charge is 0.244 e. The van der Waals surface area contributed by atoms with Crippen molar-refractivity contribution in [2.24, 2.45) is 0 Å². The number of aromatic nitrogens is 2. The highest BCUT2D eigenvalue weighted by Crippen LogP contribution is 2.24. The minimum Gasteiger partial charge on any atom is -0.337 e. The van der Waals surface area contributed by atoms with E-state index in [1.165, 1.54) is 11.1 Å². The number of hydrogen-bond acceptors (Lipinski definition) is 6. The quantitative estimate of drug-likeness (QED) is 0.663. The molecule has 1 aliphatic heterocycles. The molecule has 29 heavy (non-hydrogen) atoms. The molecular formula is C23H25N5O. The first-order valence-corrected chi connectivity index (χ1v) is 9.98. The summed E-state index contributed by atoms with van der Waals surface area (Å²) in [5, 5.41) is 13.2. The zero-order valence-corrected chi connectivity index (χ0v) is 16.9. The van der Waals surface area contributed by atoms with Crippen LogP contribution >= 0.6 is 0 Å². The van der Waals surface area contributed by atoms with Gasteiger partial charge in [0.15, 0.2) is 0 Å². The first kappa shape index (κ1) is 19.3. The summed E-state index contributed by atoms with van der Waals surface area (Å²) in [5.41, 5.74) is 4.09. The van der Waals surface area contributed by atoms with Crippen LogP contribution in [-0.2, 0) is 6.54 Å². The van der Waals surface area contributed by atoms with Crippen LogP contribution in [0.2, 0.25) is 0 Å². The van der Waals surface area contributed by atoms with Crippen molar-refractivity contribution < 1.29 is 4.52 Å². The molecule has 0 aliphatic carbocycles. The second-order valence-corrected chi connectivity index (χ2v) is 7.62. The van der Waals surface area contributed by atoms with Gasteiger partial charge in [0.25, 0.3) is 0 Å². The van der Waals surface area contributed by atoms with Gasteiger partial charge in [0, 0.05) is 38.3 Å². The zero-order valence-electron chi connectivity index (χ0n) is 16.9. The lowest BCUT2D eigenvalue weighted by atomic mass is 10.1. The molecule has 1 aromatic heterocycles. The van der Waals surface area contributed by atoms with E-state index in [9.17, 15) is 0 Å². The molecule has 1 atom stereocenters. The van der Waals surface area contributed by atoms with E-state index in [1.54, 1.807) is 0 Å².